The van der Waals surface area contributed by atoms with Crippen LogP contribution < -0.4 is 0 Å². The van der Waals surface area contributed by atoms with Gasteiger partial charge in [0.15, 0.2) is 5.41 Å². The number of hydrogen-bond donors (Lipinski definition) is 0. The third-order valence-corrected chi connectivity index (χ3v) is 9.29. The summed E-state index contributed by atoms with van der Waals surface area (Å²) < 4.78 is 11.3. The molecule has 0 saturated heterocycles. The lowest BCUT2D eigenvalue weighted by atomic mass is 9.94. The number of hydrogen-bond acceptors (Lipinski definition) is 3. The quantitative estimate of drug-likeness (QED) is 0.443. The second kappa shape index (κ2) is 5.68. The molecule has 1 aromatic rings. The van der Waals surface area contributed by atoms with Crippen molar-refractivity contribution in [3.8, 4) is 0 Å². The molecule has 0 amide bonds. The Balaban J connectivity index is 2.30. The summed E-state index contributed by atoms with van der Waals surface area (Å²) in [5.41, 5.74) is 0.970. The van der Waals surface area contributed by atoms with Crippen LogP contribution in [-0.4, -0.2) is 21.4 Å². The van der Waals surface area contributed by atoms with Crippen molar-refractivity contribution in [1.29, 1.82) is 0 Å². The van der Waals surface area contributed by atoms with E-state index >= 15 is 0 Å². The van der Waals surface area contributed by atoms with Crippen LogP contribution in [0.25, 0.3) is 5.57 Å². The van der Waals surface area contributed by atoms with E-state index in [9.17, 15) is 4.79 Å². The highest BCUT2D eigenvalue weighted by Gasteiger charge is 2.57. The van der Waals surface area contributed by atoms with Crippen molar-refractivity contribution >= 4 is 19.9 Å². The fourth-order valence-electron chi connectivity index (χ4n) is 2.33. The predicted molar refractivity (Wildman–Crippen MR) is 96.3 cm³/mol. The summed E-state index contributed by atoms with van der Waals surface area (Å²) in [5, 5.41) is 0.0368. The minimum atomic E-state index is -2.07. The lowest BCUT2D eigenvalue weighted by molar-refractivity contribution is -0.144. The standard InChI is InChI=1S/C19H26O3Si/c1-14(22-23(6,7)18(2,3)4)19(17(20)21-5)13-16(19)15-11-9-8-10-12-15/h8-13H,1H2,2-7H3/t19-/m0/s1. The molecule has 0 N–H and O–H groups in total. The normalized spacial score (nSPS) is 20.5. The van der Waals surface area contributed by atoms with Crippen LogP contribution in [0.2, 0.25) is 18.1 Å². The maximum absolute atomic E-state index is 12.5. The van der Waals surface area contributed by atoms with Gasteiger partial charge in [0.05, 0.1) is 12.9 Å². The van der Waals surface area contributed by atoms with E-state index in [4.69, 9.17) is 9.16 Å². The lowest BCUT2D eigenvalue weighted by Crippen LogP contribution is -2.42. The van der Waals surface area contributed by atoms with Gasteiger partial charge in [0.1, 0.15) is 0 Å². The van der Waals surface area contributed by atoms with Crippen LogP contribution >= 0.6 is 0 Å². The molecule has 0 saturated carbocycles. The first kappa shape index (κ1) is 17.5. The summed E-state index contributed by atoms with van der Waals surface area (Å²) in [5.74, 6) is 0.148. The zero-order chi connectivity index (χ0) is 17.5. The average Bonchev–Trinajstić information content (AvgIpc) is 3.22. The van der Waals surface area contributed by atoms with Crippen molar-refractivity contribution < 1.29 is 14.0 Å². The van der Waals surface area contributed by atoms with E-state index in [1.807, 2.05) is 36.4 Å². The fourth-order valence-corrected chi connectivity index (χ4v) is 3.41. The minimum absolute atomic E-state index is 0.0368. The predicted octanol–water partition coefficient (Wildman–Crippen LogP) is 4.78. The van der Waals surface area contributed by atoms with E-state index in [1.54, 1.807) is 0 Å². The molecular weight excluding hydrogens is 304 g/mol. The molecule has 1 aliphatic rings. The first-order valence-electron chi connectivity index (χ1n) is 7.82. The number of methoxy groups -OCH3 is 1. The molecule has 0 radical (unpaired) electrons. The van der Waals surface area contributed by atoms with E-state index < -0.39 is 13.7 Å². The van der Waals surface area contributed by atoms with Gasteiger partial charge in [0.2, 0.25) is 8.32 Å². The van der Waals surface area contributed by atoms with Gasteiger partial charge >= 0.3 is 5.97 Å². The Hall–Kier alpha value is -1.81. The van der Waals surface area contributed by atoms with Crippen LogP contribution in [-0.2, 0) is 14.0 Å². The highest BCUT2D eigenvalue weighted by Crippen LogP contribution is 2.57. The lowest BCUT2D eigenvalue weighted by Gasteiger charge is -2.38. The number of ether oxygens (including phenoxy) is 1. The topological polar surface area (TPSA) is 35.5 Å². The van der Waals surface area contributed by atoms with Crippen LogP contribution in [0.5, 0.6) is 0 Å². The summed E-state index contributed by atoms with van der Waals surface area (Å²) in [4.78, 5) is 12.5. The van der Waals surface area contributed by atoms with Gasteiger partial charge < -0.3 is 9.16 Å². The van der Waals surface area contributed by atoms with E-state index in [2.05, 4.69) is 40.4 Å². The fraction of sp³-hybridized carbons (Fsp3) is 0.421. The molecule has 0 heterocycles. The summed E-state index contributed by atoms with van der Waals surface area (Å²) in [6, 6.07) is 9.82. The van der Waals surface area contributed by atoms with Crippen molar-refractivity contribution in [2.75, 3.05) is 7.11 Å². The Labute approximate surface area is 140 Å². The second-order valence-electron chi connectivity index (χ2n) is 7.51. The Morgan fingerprint density at radius 3 is 2.22 bits per heavy atom. The monoisotopic (exact) mass is 330 g/mol. The van der Waals surface area contributed by atoms with Gasteiger partial charge in [-0.05, 0) is 35.3 Å². The first-order valence-corrected chi connectivity index (χ1v) is 10.7. The molecule has 4 heteroatoms. The van der Waals surface area contributed by atoms with Crippen LogP contribution in [0.15, 0.2) is 48.7 Å². The molecule has 3 nitrogen and oxygen atoms in total. The van der Waals surface area contributed by atoms with Crippen molar-refractivity contribution in [2.24, 2.45) is 5.41 Å². The zero-order valence-corrected chi connectivity index (χ0v) is 15.9. The van der Waals surface area contributed by atoms with Gasteiger partial charge in [-0.15, -0.1) is 0 Å². The van der Waals surface area contributed by atoms with Crippen molar-refractivity contribution in [3.05, 3.63) is 54.3 Å². The number of benzene rings is 1. The summed E-state index contributed by atoms with van der Waals surface area (Å²) >= 11 is 0. The maximum Gasteiger partial charge on any atom is 0.327 e. The van der Waals surface area contributed by atoms with E-state index in [0.717, 1.165) is 11.1 Å². The van der Waals surface area contributed by atoms with Crippen molar-refractivity contribution in [2.45, 2.75) is 38.9 Å². The number of carbonyl (C=O) groups is 1. The third-order valence-electron chi connectivity index (χ3n) is 4.92. The van der Waals surface area contributed by atoms with E-state index in [-0.39, 0.29) is 11.0 Å². The minimum Gasteiger partial charge on any atom is -0.545 e. The smallest absolute Gasteiger partial charge is 0.327 e. The van der Waals surface area contributed by atoms with E-state index in [0.29, 0.717) is 5.76 Å². The number of carbonyl (C=O) groups excluding carboxylic acids is 1. The van der Waals surface area contributed by atoms with Gasteiger partial charge in [-0.25, -0.2) is 0 Å². The molecule has 0 aromatic heterocycles. The second-order valence-corrected chi connectivity index (χ2v) is 12.2. The zero-order valence-electron chi connectivity index (χ0n) is 14.9. The molecule has 0 spiro atoms. The molecule has 1 atom stereocenters. The van der Waals surface area contributed by atoms with Gasteiger partial charge in [-0.3, -0.25) is 4.79 Å². The Kier molecular flexibility index (Phi) is 4.33. The third kappa shape index (κ3) is 3.00. The Morgan fingerprint density at radius 2 is 1.74 bits per heavy atom. The highest BCUT2D eigenvalue weighted by atomic mass is 28.4. The SMILES string of the molecule is C=C(O[Si](C)(C)C(C)(C)C)[C@@]1(C(=O)OC)C=C1c1ccccc1. The van der Waals surface area contributed by atoms with E-state index in [1.165, 1.54) is 7.11 Å². The molecule has 0 fully saturated rings. The molecule has 124 valence electrons. The first-order chi connectivity index (χ1) is 10.6. The van der Waals surface area contributed by atoms with Gasteiger partial charge in [0.25, 0.3) is 0 Å². The van der Waals surface area contributed by atoms with Gasteiger partial charge in [0, 0.05) is 0 Å². The molecule has 1 aliphatic carbocycles. The van der Waals surface area contributed by atoms with Crippen LogP contribution in [0.3, 0.4) is 0 Å². The Bertz CT molecular complexity index is 653. The maximum atomic E-state index is 12.5. The molecule has 0 aliphatic heterocycles. The van der Waals surface area contributed by atoms with Gasteiger partial charge in [-0.1, -0.05) is 57.7 Å². The number of esters is 1. The summed E-state index contributed by atoms with van der Waals surface area (Å²) in [6.45, 7) is 14.9. The van der Waals surface area contributed by atoms with Gasteiger partial charge in [-0.2, -0.15) is 0 Å². The summed E-state index contributed by atoms with van der Waals surface area (Å²) in [6.07, 6.45) is 1.89. The molecule has 2 rings (SSSR count). The average molecular weight is 330 g/mol. The number of rotatable bonds is 5. The molecular formula is C19H26O3Si. The van der Waals surface area contributed by atoms with Crippen LogP contribution in [0.1, 0.15) is 26.3 Å². The largest absolute Gasteiger partial charge is 0.545 e. The highest BCUT2D eigenvalue weighted by molar-refractivity contribution is 6.74. The van der Waals surface area contributed by atoms with Crippen LogP contribution in [0.4, 0.5) is 0 Å². The molecule has 23 heavy (non-hydrogen) atoms. The van der Waals surface area contributed by atoms with Crippen molar-refractivity contribution in [3.63, 3.8) is 0 Å². The molecule has 0 bridgehead atoms. The Morgan fingerprint density at radius 1 is 1.17 bits per heavy atom. The summed E-state index contributed by atoms with van der Waals surface area (Å²) in [7, 11) is -0.666. The van der Waals surface area contributed by atoms with Crippen molar-refractivity contribution in [1.82, 2.24) is 0 Å². The molecule has 1 aromatic carbocycles. The van der Waals surface area contributed by atoms with Crippen LogP contribution in [0, 0.1) is 5.41 Å². The molecule has 0 unspecified atom stereocenters.